The number of aliphatic hydroxyl groups excluding tert-OH is 1. The number of likely N-dealkylation sites (tertiary alicyclic amines) is 1. The van der Waals surface area contributed by atoms with E-state index in [9.17, 15) is 9.90 Å². The molecule has 3 rings (SSSR count). The highest BCUT2D eigenvalue weighted by Gasteiger charge is 2.33. The number of carbonyl (C=O) groups excluding carboxylic acids is 1. The molecule has 1 aromatic heterocycles. The number of rotatable bonds is 4. The SMILES string of the molecule is COc1ccc(CN(C)C(=O)[C@@H]2CN(C)CC[C@H]2O)c2cccnc12. The van der Waals surface area contributed by atoms with Gasteiger partial charge in [0.05, 0.1) is 19.1 Å². The van der Waals surface area contributed by atoms with Crippen LogP contribution in [0.4, 0.5) is 0 Å². The van der Waals surface area contributed by atoms with E-state index < -0.39 is 6.10 Å². The lowest BCUT2D eigenvalue weighted by molar-refractivity contribution is -0.141. The molecule has 1 N–H and O–H groups in total. The Morgan fingerprint density at radius 1 is 1.44 bits per heavy atom. The third-order valence-electron chi connectivity index (χ3n) is 4.92. The van der Waals surface area contributed by atoms with Crippen LogP contribution in [0.15, 0.2) is 30.5 Å². The van der Waals surface area contributed by atoms with Crippen molar-refractivity contribution in [1.82, 2.24) is 14.8 Å². The molecule has 0 saturated carbocycles. The third-order valence-corrected chi connectivity index (χ3v) is 4.92. The molecule has 2 heterocycles. The van der Waals surface area contributed by atoms with Gasteiger partial charge in [-0.1, -0.05) is 12.1 Å². The van der Waals surface area contributed by atoms with E-state index in [0.717, 1.165) is 28.8 Å². The number of aliphatic hydroxyl groups is 1. The topological polar surface area (TPSA) is 65.9 Å². The van der Waals surface area contributed by atoms with Gasteiger partial charge in [0, 0.05) is 38.3 Å². The van der Waals surface area contributed by atoms with Crippen LogP contribution in [0.5, 0.6) is 5.75 Å². The Bertz CT molecular complexity index is 765. The summed E-state index contributed by atoms with van der Waals surface area (Å²) < 4.78 is 5.37. The van der Waals surface area contributed by atoms with E-state index in [1.165, 1.54) is 0 Å². The van der Waals surface area contributed by atoms with Gasteiger partial charge >= 0.3 is 0 Å². The first-order valence-corrected chi connectivity index (χ1v) is 8.53. The number of fused-ring (bicyclic) bond motifs is 1. The minimum atomic E-state index is -0.569. The van der Waals surface area contributed by atoms with Gasteiger partial charge < -0.3 is 19.6 Å². The minimum Gasteiger partial charge on any atom is -0.494 e. The van der Waals surface area contributed by atoms with Crippen LogP contribution >= 0.6 is 0 Å². The van der Waals surface area contributed by atoms with Crippen molar-refractivity contribution in [3.8, 4) is 5.75 Å². The molecule has 1 aliphatic rings. The second-order valence-electron chi connectivity index (χ2n) is 6.75. The largest absolute Gasteiger partial charge is 0.494 e. The number of nitrogens with zero attached hydrogens (tertiary/aromatic N) is 3. The summed E-state index contributed by atoms with van der Waals surface area (Å²) in [4.78, 5) is 21.0. The quantitative estimate of drug-likeness (QED) is 0.912. The Morgan fingerprint density at radius 2 is 2.24 bits per heavy atom. The first-order valence-electron chi connectivity index (χ1n) is 8.53. The number of pyridine rings is 1. The van der Waals surface area contributed by atoms with Gasteiger partial charge in [-0.2, -0.15) is 0 Å². The average Bonchev–Trinajstić information content (AvgIpc) is 2.63. The number of amides is 1. The number of ether oxygens (including phenoxy) is 1. The van der Waals surface area contributed by atoms with Crippen LogP contribution in [0.1, 0.15) is 12.0 Å². The lowest BCUT2D eigenvalue weighted by Gasteiger charge is -2.35. The van der Waals surface area contributed by atoms with Crippen LogP contribution < -0.4 is 4.74 Å². The standard InChI is InChI=1S/C19H25N3O3/c1-21-10-8-16(23)15(12-21)19(24)22(2)11-13-6-7-17(25-3)18-14(13)5-4-9-20-18/h4-7,9,15-16,23H,8,10-12H2,1-3H3/t15-,16-/m1/s1. The summed E-state index contributed by atoms with van der Waals surface area (Å²) in [5.74, 6) is 0.330. The Labute approximate surface area is 148 Å². The maximum atomic E-state index is 12.8. The van der Waals surface area contributed by atoms with Crippen LogP contribution in [0, 0.1) is 5.92 Å². The Morgan fingerprint density at radius 3 is 3.00 bits per heavy atom. The van der Waals surface area contributed by atoms with Gasteiger partial charge in [-0.25, -0.2) is 0 Å². The highest BCUT2D eigenvalue weighted by atomic mass is 16.5. The minimum absolute atomic E-state index is 0.0214. The van der Waals surface area contributed by atoms with Gasteiger partial charge in [0.1, 0.15) is 11.3 Å². The van der Waals surface area contributed by atoms with Gasteiger partial charge in [0.2, 0.25) is 5.91 Å². The van der Waals surface area contributed by atoms with Crippen LogP contribution in [0.25, 0.3) is 10.9 Å². The number of benzene rings is 1. The molecule has 2 atom stereocenters. The Hall–Kier alpha value is -2.18. The van der Waals surface area contributed by atoms with Gasteiger partial charge in [0.15, 0.2) is 0 Å². The van der Waals surface area contributed by atoms with Crippen molar-refractivity contribution < 1.29 is 14.6 Å². The van der Waals surface area contributed by atoms with Gasteiger partial charge in [-0.15, -0.1) is 0 Å². The van der Waals surface area contributed by atoms with E-state index in [0.29, 0.717) is 19.5 Å². The second kappa shape index (κ2) is 7.37. The zero-order chi connectivity index (χ0) is 18.0. The lowest BCUT2D eigenvalue weighted by Crippen LogP contribution is -2.48. The predicted octanol–water partition coefficient (Wildman–Crippen LogP) is 1.51. The van der Waals surface area contributed by atoms with E-state index in [2.05, 4.69) is 9.88 Å². The Balaban J connectivity index is 1.82. The van der Waals surface area contributed by atoms with Gasteiger partial charge in [0.25, 0.3) is 0 Å². The van der Waals surface area contributed by atoms with Gasteiger partial charge in [-0.05, 0) is 31.2 Å². The molecular weight excluding hydrogens is 318 g/mol. The molecule has 0 unspecified atom stereocenters. The summed E-state index contributed by atoms with van der Waals surface area (Å²) in [6, 6.07) is 7.72. The highest BCUT2D eigenvalue weighted by molar-refractivity contribution is 5.88. The number of aromatic nitrogens is 1. The van der Waals surface area contributed by atoms with Crippen LogP contribution in [0.2, 0.25) is 0 Å². The zero-order valence-electron chi connectivity index (χ0n) is 15.0. The first kappa shape index (κ1) is 17.6. The number of carbonyl (C=O) groups is 1. The van der Waals surface area contributed by atoms with Crippen molar-refractivity contribution in [3.05, 3.63) is 36.0 Å². The van der Waals surface area contributed by atoms with E-state index >= 15 is 0 Å². The number of hydrogen-bond acceptors (Lipinski definition) is 5. The van der Waals surface area contributed by atoms with E-state index in [-0.39, 0.29) is 11.8 Å². The molecule has 1 amide bonds. The van der Waals surface area contributed by atoms with Crippen LogP contribution in [-0.2, 0) is 11.3 Å². The molecular formula is C19H25N3O3. The van der Waals surface area contributed by atoms with Crippen LogP contribution in [-0.4, -0.2) is 66.2 Å². The highest BCUT2D eigenvalue weighted by Crippen LogP contribution is 2.27. The smallest absolute Gasteiger partial charge is 0.229 e. The fraction of sp³-hybridized carbons (Fsp3) is 0.474. The fourth-order valence-electron chi connectivity index (χ4n) is 3.47. The van der Waals surface area contributed by atoms with Crippen molar-refractivity contribution in [3.63, 3.8) is 0 Å². The lowest BCUT2D eigenvalue weighted by atomic mass is 9.93. The molecule has 6 heteroatoms. The summed E-state index contributed by atoms with van der Waals surface area (Å²) >= 11 is 0. The predicted molar refractivity (Wildman–Crippen MR) is 96.4 cm³/mol. The van der Waals surface area contributed by atoms with E-state index in [1.807, 2.05) is 31.3 Å². The maximum absolute atomic E-state index is 12.8. The molecule has 1 aromatic carbocycles. The van der Waals surface area contributed by atoms with Gasteiger partial charge in [-0.3, -0.25) is 9.78 Å². The molecule has 1 aliphatic heterocycles. The number of methoxy groups -OCH3 is 1. The average molecular weight is 343 g/mol. The van der Waals surface area contributed by atoms with Crippen molar-refractivity contribution in [2.75, 3.05) is 34.3 Å². The molecule has 0 spiro atoms. The molecule has 2 aromatic rings. The summed E-state index contributed by atoms with van der Waals surface area (Å²) in [5, 5.41) is 11.2. The van der Waals surface area contributed by atoms with Crippen molar-refractivity contribution in [2.45, 2.75) is 19.1 Å². The molecule has 0 radical (unpaired) electrons. The molecule has 0 bridgehead atoms. The third kappa shape index (κ3) is 3.60. The number of hydrogen-bond donors (Lipinski definition) is 1. The molecule has 6 nitrogen and oxygen atoms in total. The Kier molecular flexibility index (Phi) is 5.20. The molecule has 134 valence electrons. The zero-order valence-corrected chi connectivity index (χ0v) is 15.0. The van der Waals surface area contributed by atoms with E-state index in [1.54, 1.807) is 25.3 Å². The number of piperidine rings is 1. The monoisotopic (exact) mass is 343 g/mol. The summed E-state index contributed by atoms with van der Waals surface area (Å²) in [6.45, 7) is 1.89. The van der Waals surface area contributed by atoms with Crippen molar-refractivity contribution >= 4 is 16.8 Å². The van der Waals surface area contributed by atoms with E-state index in [4.69, 9.17) is 4.74 Å². The van der Waals surface area contributed by atoms with Crippen LogP contribution in [0.3, 0.4) is 0 Å². The molecule has 0 aliphatic carbocycles. The fourth-order valence-corrected chi connectivity index (χ4v) is 3.47. The van der Waals surface area contributed by atoms with Crippen molar-refractivity contribution in [2.24, 2.45) is 5.92 Å². The molecule has 1 fully saturated rings. The van der Waals surface area contributed by atoms with Crippen molar-refractivity contribution in [1.29, 1.82) is 0 Å². The summed E-state index contributed by atoms with van der Waals surface area (Å²) in [5.41, 5.74) is 1.80. The molecule has 1 saturated heterocycles. The summed E-state index contributed by atoms with van der Waals surface area (Å²) in [7, 11) is 5.39. The second-order valence-corrected chi connectivity index (χ2v) is 6.75. The first-order chi connectivity index (χ1) is 12.0. The normalized spacial score (nSPS) is 21.3. The summed E-state index contributed by atoms with van der Waals surface area (Å²) in [6.07, 6.45) is 1.80. The molecule has 25 heavy (non-hydrogen) atoms. The maximum Gasteiger partial charge on any atom is 0.229 e.